The number of sulfone groups is 1. The van der Waals surface area contributed by atoms with Crippen LogP contribution < -0.4 is 14.8 Å². The van der Waals surface area contributed by atoms with Crippen molar-refractivity contribution in [2.45, 2.75) is 36.8 Å². The molecule has 2 unspecified atom stereocenters. The maximum Gasteiger partial charge on any atom is 0.586 e. The third kappa shape index (κ3) is 2.90. The minimum atomic E-state index is -3.65. The van der Waals surface area contributed by atoms with Gasteiger partial charge in [0.25, 0.3) is 0 Å². The lowest BCUT2D eigenvalue weighted by molar-refractivity contribution is -0.286. The number of rotatable bonds is 3. The minimum absolute atomic E-state index is 0.0309. The first-order chi connectivity index (χ1) is 9.74. The molecule has 1 aromatic rings. The van der Waals surface area contributed by atoms with Crippen molar-refractivity contribution >= 4 is 15.5 Å². The molecule has 1 aliphatic carbocycles. The monoisotopic (exact) mass is 319 g/mol. The van der Waals surface area contributed by atoms with Crippen molar-refractivity contribution < 1.29 is 26.7 Å². The number of benzene rings is 1. The van der Waals surface area contributed by atoms with E-state index in [0.29, 0.717) is 12.1 Å². The second-order valence-electron chi connectivity index (χ2n) is 5.38. The van der Waals surface area contributed by atoms with Crippen LogP contribution in [0.4, 0.5) is 14.5 Å². The largest absolute Gasteiger partial charge is 0.586 e. The van der Waals surface area contributed by atoms with E-state index in [0.717, 1.165) is 12.8 Å². The van der Waals surface area contributed by atoms with Gasteiger partial charge in [0.2, 0.25) is 0 Å². The molecular weight excluding hydrogens is 304 g/mol. The van der Waals surface area contributed by atoms with Crippen molar-refractivity contribution in [1.29, 1.82) is 0 Å². The molecule has 0 amide bonds. The molecule has 8 heteroatoms. The summed E-state index contributed by atoms with van der Waals surface area (Å²) < 4.78 is 58.0. The van der Waals surface area contributed by atoms with Crippen LogP contribution in [0.3, 0.4) is 0 Å². The Morgan fingerprint density at radius 2 is 1.95 bits per heavy atom. The predicted molar refractivity (Wildman–Crippen MR) is 72.5 cm³/mol. The second kappa shape index (κ2) is 4.72. The molecule has 0 radical (unpaired) electrons. The molecule has 0 spiro atoms. The molecule has 5 nitrogen and oxygen atoms in total. The Morgan fingerprint density at radius 3 is 2.67 bits per heavy atom. The fourth-order valence-electron chi connectivity index (χ4n) is 2.86. The molecule has 1 aromatic carbocycles. The van der Waals surface area contributed by atoms with Crippen molar-refractivity contribution in [3.05, 3.63) is 18.2 Å². The Morgan fingerprint density at radius 1 is 1.24 bits per heavy atom. The van der Waals surface area contributed by atoms with Gasteiger partial charge in [-0.3, -0.25) is 0 Å². The van der Waals surface area contributed by atoms with Gasteiger partial charge in [-0.2, -0.15) is 0 Å². The van der Waals surface area contributed by atoms with Crippen LogP contribution in [0, 0.1) is 0 Å². The predicted octanol–water partition coefficient (Wildman–Crippen LogP) is 2.39. The van der Waals surface area contributed by atoms with E-state index in [1.807, 2.05) is 0 Å². The molecule has 1 N–H and O–H groups in total. The zero-order valence-corrected chi connectivity index (χ0v) is 12.1. The number of hydrogen-bond donors (Lipinski definition) is 1. The number of hydrogen-bond acceptors (Lipinski definition) is 5. The summed E-state index contributed by atoms with van der Waals surface area (Å²) in [7, 11) is -3.14. The summed E-state index contributed by atoms with van der Waals surface area (Å²) in [5.41, 5.74) is 0.538. The molecule has 0 bridgehead atoms. The first kappa shape index (κ1) is 14.4. The zero-order valence-electron chi connectivity index (χ0n) is 11.3. The van der Waals surface area contributed by atoms with E-state index in [1.54, 1.807) is 6.07 Å². The number of alkyl halides is 2. The van der Waals surface area contributed by atoms with Crippen molar-refractivity contribution in [1.82, 2.24) is 0 Å². The normalized spacial score (nSPS) is 26.8. The van der Waals surface area contributed by atoms with E-state index in [2.05, 4.69) is 14.8 Å². The molecule has 1 fully saturated rings. The molecule has 116 valence electrons. The van der Waals surface area contributed by atoms with E-state index in [-0.39, 0.29) is 17.5 Å². The van der Waals surface area contributed by atoms with Crippen LogP contribution in [-0.2, 0) is 9.84 Å². The highest BCUT2D eigenvalue weighted by Crippen LogP contribution is 2.42. The van der Waals surface area contributed by atoms with E-state index >= 15 is 0 Å². The van der Waals surface area contributed by atoms with Gasteiger partial charge in [-0.1, -0.05) is 0 Å². The highest BCUT2D eigenvalue weighted by molar-refractivity contribution is 7.91. The molecule has 1 heterocycles. The first-order valence-corrected chi connectivity index (χ1v) is 8.55. The van der Waals surface area contributed by atoms with E-state index in [4.69, 9.17) is 0 Å². The summed E-state index contributed by atoms with van der Waals surface area (Å²) >= 11 is 0. The average molecular weight is 319 g/mol. The maximum absolute atomic E-state index is 12.9. The van der Waals surface area contributed by atoms with Gasteiger partial charge in [0.05, 0.1) is 5.25 Å². The van der Waals surface area contributed by atoms with Gasteiger partial charge in [-0.15, -0.1) is 8.78 Å². The zero-order chi connectivity index (χ0) is 15.3. The molecule has 1 saturated carbocycles. The molecule has 0 saturated heterocycles. The van der Waals surface area contributed by atoms with Crippen molar-refractivity contribution in [3.8, 4) is 11.5 Å². The number of anilines is 1. The topological polar surface area (TPSA) is 64.6 Å². The number of fused-ring (bicyclic) bond motifs is 1. The van der Waals surface area contributed by atoms with Crippen LogP contribution in [0.25, 0.3) is 0 Å². The van der Waals surface area contributed by atoms with Crippen molar-refractivity contribution in [2.75, 3.05) is 11.6 Å². The minimum Gasteiger partial charge on any atom is -0.395 e. The molecule has 3 rings (SSSR count). The standard InChI is InChI=1S/C13H15F2NO4S/c1-21(17,18)12-4-2-3-9(12)16-8-5-6-10-11(7-8)20-13(14,15)19-10/h5-7,9,12,16H,2-4H2,1H3. The average Bonchev–Trinajstić information content (AvgIpc) is 2.90. The van der Waals surface area contributed by atoms with Gasteiger partial charge >= 0.3 is 6.29 Å². The maximum atomic E-state index is 12.9. The van der Waals surface area contributed by atoms with Crippen LogP contribution in [-0.4, -0.2) is 32.3 Å². The highest BCUT2D eigenvalue weighted by atomic mass is 32.2. The van der Waals surface area contributed by atoms with Gasteiger partial charge < -0.3 is 14.8 Å². The Labute approximate surface area is 121 Å². The van der Waals surface area contributed by atoms with Crippen LogP contribution in [0.5, 0.6) is 11.5 Å². The third-order valence-corrected chi connectivity index (χ3v) is 5.42. The highest BCUT2D eigenvalue weighted by Gasteiger charge is 2.43. The van der Waals surface area contributed by atoms with Gasteiger partial charge in [0, 0.05) is 24.1 Å². The summed E-state index contributed by atoms with van der Waals surface area (Å²) in [6, 6.07) is 4.12. The van der Waals surface area contributed by atoms with Crippen LogP contribution in [0.2, 0.25) is 0 Å². The Kier molecular flexibility index (Phi) is 3.23. The van der Waals surface area contributed by atoms with Crippen molar-refractivity contribution in [2.24, 2.45) is 0 Å². The fraction of sp³-hybridized carbons (Fsp3) is 0.538. The van der Waals surface area contributed by atoms with E-state index in [9.17, 15) is 17.2 Å². The Bertz CT molecular complexity index is 662. The lowest BCUT2D eigenvalue weighted by Crippen LogP contribution is -2.34. The molecule has 1 aliphatic heterocycles. The molecule has 2 aliphatic rings. The summed E-state index contributed by atoms with van der Waals surface area (Å²) in [6.45, 7) is 0. The molecule has 0 aromatic heterocycles. The lowest BCUT2D eigenvalue weighted by Gasteiger charge is -2.20. The van der Waals surface area contributed by atoms with Crippen LogP contribution in [0.15, 0.2) is 18.2 Å². The molecule has 2 atom stereocenters. The van der Waals surface area contributed by atoms with Gasteiger partial charge in [0.1, 0.15) is 0 Å². The quantitative estimate of drug-likeness (QED) is 0.927. The van der Waals surface area contributed by atoms with Crippen molar-refractivity contribution in [3.63, 3.8) is 0 Å². The smallest absolute Gasteiger partial charge is 0.395 e. The van der Waals surface area contributed by atoms with Gasteiger partial charge in [0.15, 0.2) is 21.3 Å². The number of nitrogens with one attached hydrogen (secondary N) is 1. The number of ether oxygens (including phenoxy) is 2. The lowest BCUT2D eigenvalue weighted by atomic mass is 10.2. The first-order valence-electron chi connectivity index (χ1n) is 6.60. The summed E-state index contributed by atoms with van der Waals surface area (Å²) in [5, 5.41) is 2.64. The van der Waals surface area contributed by atoms with Crippen LogP contribution >= 0.6 is 0 Å². The molecule has 21 heavy (non-hydrogen) atoms. The Balaban J connectivity index is 1.78. The third-order valence-electron chi connectivity index (χ3n) is 3.76. The summed E-state index contributed by atoms with van der Waals surface area (Å²) in [4.78, 5) is 0. The SMILES string of the molecule is CS(=O)(=O)C1CCCC1Nc1ccc2c(c1)OC(F)(F)O2. The van der Waals surface area contributed by atoms with Gasteiger partial charge in [-0.25, -0.2) is 8.42 Å². The van der Waals surface area contributed by atoms with Gasteiger partial charge in [-0.05, 0) is 31.4 Å². The second-order valence-corrected chi connectivity index (χ2v) is 7.64. The Hall–Kier alpha value is -1.57. The van der Waals surface area contributed by atoms with E-state index < -0.39 is 21.4 Å². The summed E-state index contributed by atoms with van der Waals surface area (Å²) in [6.07, 6.45) is -0.277. The fourth-order valence-corrected chi connectivity index (χ4v) is 4.25. The number of halogens is 2. The summed E-state index contributed by atoms with van der Waals surface area (Å²) in [5.74, 6) is -0.0875. The molecular formula is C13H15F2NO4S. The van der Waals surface area contributed by atoms with E-state index in [1.165, 1.54) is 18.4 Å². The van der Waals surface area contributed by atoms with Crippen LogP contribution in [0.1, 0.15) is 19.3 Å².